The number of hydrogen-bond donors (Lipinski definition) is 0. The molecule has 0 bridgehead atoms. The summed E-state index contributed by atoms with van der Waals surface area (Å²) < 4.78 is 15.0. The summed E-state index contributed by atoms with van der Waals surface area (Å²) in [4.78, 5) is 0. The van der Waals surface area contributed by atoms with Gasteiger partial charge in [-0.3, -0.25) is 0 Å². The van der Waals surface area contributed by atoms with Crippen LogP contribution in [-0.4, -0.2) is 0 Å². The van der Waals surface area contributed by atoms with Crippen LogP contribution in [0.5, 0.6) is 0 Å². The van der Waals surface area contributed by atoms with Gasteiger partial charge in [0.2, 0.25) is 0 Å². The zero-order chi connectivity index (χ0) is 36.6. The Kier molecular flexibility index (Phi) is 7.12. The van der Waals surface area contributed by atoms with Gasteiger partial charge >= 0.3 is 0 Å². The molecule has 258 valence electrons. The average molecular weight is 719 g/mol. The number of fused-ring (bicyclic) bond motifs is 3. The van der Waals surface area contributed by atoms with Gasteiger partial charge in [0, 0.05) is 15.9 Å². The number of hydrogen-bond acceptors (Lipinski definition) is 1. The standard InChI is InChI=1S/C53H35OP/c54-55(42-16-3-1-4-17-42,43-18-5-2-6-19-43)44-33-29-37(30-34-44)36-27-31-41(32-28-36)53(48-23-9-7-20-45(48)46-21-8-10-24-49(46)53)50-35-40-15-11-13-38-25-26-39-14-12-22-47(50)52(39)51(38)40/h1-35H. The molecule has 1 aliphatic carbocycles. The third-order valence-electron chi connectivity index (χ3n) is 12.0. The molecule has 1 aliphatic rings. The van der Waals surface area contributed by atoms with Crippen molar-refractivity contribution in [3.63, 3.8) is 0 Å². The molecule has 1 nitrogen and oxygen atoms in total. The van der Waals surface area contributed by atoms with E-state index in [1.54, 1.807) is 0 Å². The maximum atomic E-state index is 15.0. The number of benzene rings is 10. The van der Waals surface area contributed by atoms with Gasteiger partial charge < -0.3 is 4.57 Å². The van der Waals surface area contributed by atoms with E-state index >= 15 is 4.57 Å². The molecule has 0 fully saturated rings. The van der Waals surface area contributed by atoms with Crippen molar-refractivity contribution in [1.82, 2.24) is 0 Å². The summed E-state index contributed by atoms with van der Waals surface area (Å²) in [5.41, 5.74) is 9.38. The van der Waals surface area contributed by atoms with E-state index in [9.17, 15) is 0 Å². The predicted molar refractivity (Wildman–Crippen MR) is 232 cm³/mol. The monoisotopic (exact) mass is 718 g/mol. The molecule has 0 spiro atoms. The summed E-state index contributed by atoms with van der Waals surface area (Å²) in [5, 5.41) is 10.3. The van der Waals surface area contributed by atoms with Crippen LogP contribution in [0.15, 0.2) is 212 Å². The molecule has 0 amide bonds. The maximum Gasteiger partial charge on any atom is 0.171 e. The second-order valence-corrected chi connectivity index (χ2v) is 17.5. The molecule has 0 radical (unpaired) electrons. The molecular weight excluding hydrogens is 684 g/mol. The molecule has 0 saturated heterocycles. The van der Waals surface area contributed by atoms with Crippen LogP contribution in [0, 0.1) is 0 Å². The van der Waals surface area contributed by atoms with E-state index in [0.29, 0.717) is 0 Å². The van der Waals surface area contributed by atoms with Crippen LogP contribution in [0.2, 0.25) is 0 Å². The van der Waals surface area contributed by atoms with Crippen LogP contribution < -0.4 is 15.9 Å². The van der Waals surface area contributed by atoms with Crippen molar-refractivity contribution in [2.75, 3.05) is 0 Å². The van der Waals surface area contributed by atoms with Crippen molar-refractivity contribution in [1.29, 1.82) is 0 Å². The van der Waals surface area contributed by atoms with Crippen LogP contribution in [0.1, 0.15) is 22.3 Å². The van der Waals surface area contributed by atoms with Gasteiger partial charge in [0.05, 0.1) is 5.41 Å². The van der Waals surface area contributed by atoms with Crippen molar-refractivity contribution >= 4 is 55.4 Å². The molecule has 0 aromatic heterocycles. The largest absolute Gasteiger partial charge is 0.309 e. The highest BCUT2D eigenvalue weighted by atomic mass is 31.2. The summed E-state index contributed by atoms with van der Waals surface area (Å²) >= 11 is 0. The molecule has 10 aromatic rings. The quantitative estimate of drug-likeness (QED) is 0.124. The van der Waals surface area contributed by atoms with Crippen LogP contribution in [0.4, 0.5) is 0 Å². The Morgan fingerprint density at radius 3 is 1.42 bits per heavy atom. The molecule has 55 heavy (non-hydrogen) atoms. The van der Waals surface area contributed by atoms with Crippen LogP contribution in [0.3, 0.4) is 0 Å². The van der Waals surface area contributed by atoms with Crippen molar-refractivity contribution in [2.45, 2.75) is 5.41 Å². The topological polar surface area (TPSA) is 17.1 Å². The van der Waals surface area contributed by atoms with E-state index in [4.69, 9.17) is 0 Å². The highest BCUT2D eigenvalue weighted by Gasteiger charge is 2.47. The fraction of sp³-hybridized carbons (Fsp3) is 0.0189. The van der Waals surface area contributed by atoms with Crippen molar-refractivity contribution in [2.24, 2.45) is 0 Å². The minimum absolute atomic E-state index is 0.544. The molecular formula is C53H35OP. The van der Waals surface area contributed by atoms with Crippen molar-refractivity contribution < 1.29 is 4.57 Å². The lowest BCUT2D eigenvalue weighted by atomic mass is 9.65. The van der Waals surface area contributed by atoms with Crippen LogP contribution in [0.25, 0.3) is 54.6 Å². The second kappa shape index (κ2) is 12.3. The zero-order valence-electron chi connectivity index (χ0n) is 30.1. The van der Waals surface area contributed by atoms with Gasteiger partial charge in [-0.15, -0.1) is 0 Å². The first kappa shape index (κ1) is 31.9. The van der Waals surface area contributed by atoms with Gasteiger partial charge in [-0.05, 0) is 82.9 Å². The minimum Gasteiger partial charge on any atom is -0.309 e. The van der Waals surface area contributed by atoms with E-state index in [2.05, 4.69) is 152 Å². The van der Waals surface area contributed by atoms with Crippen LogP contribution >= 0.6 is 7.14 Å². The van der Waals surface area contributed by atoms with Gasteiger partial charge in [0.25, 0.3) is 0 Å². The smallest absolute Gasteiger partial charge is 0.171 e. The average Bonchev–Trinajstić information content (AvgIpc) is 3.57. The Morgan fingerprint density at radius 2 is 0.818 bits per heavy atom. The van der Waals surface area contributed by atoms with Gasteiger partial charge in [-0.2, -0.15) is 0 Å². The normalized spacial score (nSPS) is 13.3. The first-order valence-electron chi connectivity index (χ1n) is 18.9. The Morgan fingerprint density at radius 1 is 0.345 bits per heavy atom. The van der Waals surface area contributed by atoms with E-state index < -0.39 is 12.6 Å². The van der Waals surface area contributed by atoms with Gasteiger partial charge in [0.15, 0.2) is 7.14 Å². The third-order valence-corrected chi connectivity index (χ3v) is 15.1. The number of rotatable bonds is 6. The second-order valence-electron chi connectivity index (χ2n) is 14.7. The highest BCUT2D eigenvalue weighted by Crippen LogP contribution is 2.58. The Bertz CT molecular complexity index is 3000. The van der Waals surface area contributed by atoms with Crippen molar-refractivity contribution in [3.05, 3.63) is 235 Å². The van der Waals surface area contributed by atoms with E-state index in [1.165, 1.54) is 65.7 Å². The fourth-order valence-corrected chi connectivity index (χ4v) is 12.2. The summed E-state index contributed by atoms with van der Waals surface area (Å²) in [6, 6.07) is 75.8. The van der Waals surface area contributed by atoms with E-state index in [1.807, 2.05) is 60.7 Å². The van der Waals surface area contributed by atoms with Gasteiger partial charge in [0.1, 0.15) is 0 Å². The first-order valence-corrected chi connectivity index (χ1v) is 20.7. The third kappa shape index (κ3) is 4.57. The summed E-state index contributed by atoms with van der Waals surface area (Å²) in [5.74, 6) is 0. The summed E-state index contributed by atoms with van der Waals surface area (Å²) in [7, 11) is -3.06. The zero-order valence-corrected chi connectivity index (χ0v) is 31.0. The molecule has 0 N–H and O–H groups in total. The molecule has 0 atom stereocenters. The van der Waals surface area contributed by atoms with Crippen molar-refractivity contribution in [3.8, 4) is 22.3 Å². The van der Waals surface area contributed by atoms with Crippen LogP contribution in [-0.2, 0) is 9.98 Å². The lowest BCUT2D eigenvalue weighted by Crippen LogP contribution is -2.29. The lowest BCUT2D eigenvalue weighted by Gasteiger charge is -2.35. The molecule has 0 unspecified atom stereocenters. The van der Waals surface area contributed by atoms with E-state index in [-0.39, 0.29) is 0 Å². The van der Waals surface area contributed by atoms with Gasteiger partial charge in [-0.25, -0.2) is 0 Å². The first-order chi connectivity index (χ1) is 27.2. The maximum absolute atomic E-state index is 15.0. The van der Waals surface area contributed by atoms with Gasteiger partial charge in [-0.1, -0.05) is 206 Å². The van der Waals surface area contributed by atoms with E-state index in [0.717, 1.165) is 27.0 Å². The molecule has 0 heterocycles. The molecule has 2 heteroatoms. The molecule has 10 aromatic carbocycles. The predicted octanol–water partition coefficient (Wildman–Crippen LogP) is 12.3. The molecule has 0 aliphatic heterocycles. The lowest BCUT2D eigenvalue weighted by molar-refractivity contribution is 0.592. The molecule has 0 saturated carbocycles. The Labute approximate surface area is 320 Å². The Balaban J connectivity index is 1.10. The fourth-order valence-electron chi connectivity index (χ4n) is 9.56. The summed E-state index contributed by atoms with van der Waals surface area (Å²) in [6.07, 6.45) is 0. The Hall–Kier alpha value is -6.53. The highest BCUT2D eigenvalue weighted by molar-refractivity contribution is 7.85. The SMILES string of the molecule is O=P(c1ccccc1)(c1ccccc1)c1ccc(-c2ccc(C3(c4cc5cccc6ccc7cccc4c7c65)c4ccccc4-c4ccccc43)cc2)cc1. The molecule has 11 rings (SSSR count). The summed E-state index contributed by atoms with van der Waals surface area (Å²) in [6.45, 7) is 0. The minimum atomic E-state index is -3.06.